The molecule has 0 fully saturated rings. The molecule has 0 radical (unpaired) electrons. The lowest BCUT2D eigenvalue weighted by Gasteiger charge is -2.42. The summed E-state index contributed by atoms with van der Waals surface area (Å²) < 4.78 is 12.4. The average Bonchev–Trinajstić information content (AvgIpc) is 1.07. The molecule has 404 valence electrons. The van der Waals surface area contributed by atoms with Crippen LogP contribution in [0.5, 0.6) is 11.5 Å². The van der Waals surface area contributed by atoms with Gasteiger partial charge in [-0.2, -0.15) is 5.26 Å². The summed E-state index contributed by atoms with van der Waals surface area (Å²) in [5, 5.41) is 17.1. The number of benzene rings is 13. The van der Waals surface area contributed by atoms with Gasteiger partial charge in [0, 0.05) is 72.5 Å². The minimum absolute atomic E-state index is 0.0902. The van der Waals surface area contributed by atoms with Gasteiger partial charge in [-0.05, 0) is 139 Å². The van der Waals surface area contributed by atoms with Crippen LogP contribution < -0.4 is 26.0 Å². The molecule has 6 nitrogen and oxygen atoms in total. The van der Waals surface area contributed by atoms with Gasteiger partial charge in [0.1, 0.15) is 11.5 Å². The van der Waals surface area contributed by atoms with Crippen molar-refractivity contribution in [2.75, 3.05) is 4.90 Å². The van der Waals surface area contributed by atoms with E-state index in [-0.39, 0.29) is 12.6 Å². The summed E-state index contributed by atoms with van der Waals surface area (Å²) >= 11 is 0. The van der Waals surface area contributed by atoms with E-state index in [0.717, 1.165) is 111 Å². The predicted octanol–water partition coefficient (Wildman–Crippen LogP) is 18.9. The van der Waals surface area contributed by atoms with E-state index in [1.54, 1.807) is 0 Å². The van der Waals surface area contributed by atoms with Crippen molar-refractivity contribution in [1.82, 2.24) is 8.97 Å². The zero-order chi connectivity index (χ0) is 57.9. The van der Waals surface area contributed by atoms with Crippen LogP contribution in [0.15, 0.2) is 273 Å². The van der Waals surface area contributed by atoms with Crippen LogP contribution in [0.1, 0.15) is 28.2 Å². The zero-order valence-electron chi connectivity index (χ0n) is 47.3. The molecule has 3 aromatic heterocycles. The van der Waals surface area contributed by atoms with Gasteiger partial charge >= 0.3 is 0 Å². The molecule has 5 heterocycles. The molecule has 13 aromatic carbocycles. The number of hydrogen-bond donors (Lipinski definition) is 0. The molecule has 1 atom stereocenters. The first-order valence-corrected chi connectivity index (χ1v) is 30.0. The first-order valence-electron chi connectivity index (χ1n) is 30.0. The summed E-state index contributed by atoms with van der Waals surface area (Å²) in [4.78, 5) is 6.48. The summed E-state index contributed by atoms with van der Waals surface area (Å²) in [5.74, 6) is 1.50. The highest BCUT2D eigenvalue weighted by molar-refractivity contribution is 6.99. The van der Waals surface area contributed by atoms with E-state index in [0.29, 0.717) is 11.3 Å². The first-order chi connectivity index (χ1) is 43.6. The second-order valence-corrected chi connectivity index (χ2v) is 23.6. The minimum atomic E-state index is -0.237. The molecule has 1 unspecified atom stereocenters. The fourth-order valence-electron chi connectivity index (χ4n) is 15.5. The number of para-hydroxylation sites is 4. The van der Waals surface area contributed by atoms with Gasteiger partial charge in [-0.3, -0.25) is 0 Å². The van der Waals surface area contributed by atoms with Crippen molar-refractivity contribution in [3.05, 3.63) is 307 Å². The van der Waals surface area contributed by atoms with Gasteiger partial charge in [-0.25, -0.2) is 4.85 Å². The summed E-state index contributed by atoms with van der Waals surface area (Å²) in [6.45, 7) is 7.80. The van der Waals surface area contributed by atoms with Crippen LogP contribution in [0.3, 0.4) is 0 Å². The Morgan fingerprint density at radius 3 is 1.86 bits per heavy atom. The molecular formula is C81H46BN5O. The Bertz CT molecular complexity index is 5730. The highest BCUT2D eigenvalue weighted by Gasteiger charge is 2.44. The second-order valence-electron chi connectivity index (χ2n) is 23.6. The molecule has 0 bridgehead atoms. The Hall–Kier alpha value is -11.9. The molecule has 0 spiro atoms. The van der Waals surface area contributed by atoms with Crippen molar-refractivity contribution in [1.29, 1.82) is 5.26 Å². The second kappa shape index (κ2) is 18.3. The normalized spacial score (nSPS) is 13.6. The van der Waals surface area contributed by atoms with Gasteiger partial charge in [-0.15, -0.1) is 0 Å². The lowest BCUT2D eigenvalue weighted by Crippen LogP contribution is -2.59. The maximum Gasteiger partial charge on any atom is 0.256 e. The average molecular weight is 1120 g/mol. The molecule has 1 aliphatic carbocycles. The van der Waals surface area contributed by atoms with Crippen molar-refractivity contribution in [3.63, 3.8) is 0 Å². The Labute approximate surface area is 507 Å². The van der Waals surface area contributed by atoms with E-state index >= 15 is 0 Å². The molecule has 0 N–H and O–H groups in total. The standard InChI is InChI=1S/C81H46BN5O/c1-84-54-33-35-62-65(45-54)58-20-8-9-23-61(58)78(62)52-31-36-68-74(42-52)87(80-56(49-16-4-2-5-17-49)24-14-25-57(80)50-18-6-3-7-19-50)75-43-53(51-32-39-73-67(41-51)64-27-15-26-63-59-21-10-13-29-71(59)86(73)81(63)64)44-77-79(75)82(68)69-37-34-55(46-76(69)88-77)85-70-28-12-11-22-60(70)66-40-48(47-83)30-38-72(66)85/h2-46,78H. The van der Waals surface area contributed by atoms with Gasteiger partial charge in [0.05, 0.1) is 51.5 Å². The Kier molecular flexibility index (Phi) is 10.1. The van der Waals surface area contributed by atoms with E-state index in [4.69, 9.17) is 11.3 Å². The van der Waals surface area contributed by atoms with E-state index in [1.165, 1.54) is 60.2 Å². The lowest BCUT2D eigenvalue weighted by molar-refractivity contribution is 0.487. The number of hydrogen-bond acceptors (Lipinski definition) is 3. The molecule has 2 aliphatic heterocycles. The molecule has 0 saturated carbocycles. The molecule has 16 aromatic rings. The topological polar surface area (TPSA) is 50.0 Å². The van der Waals surface area contributed by atoms with E-state index in [1.807, 2.05) is 18.2 Å². The number of fused-ring (bicyclic) bond motifs is 16. The van der Waals surface area contributed by atoms with Crippen LogP contribution in [0.25, 0.3) is 115 Å². The van der Waals surface area contributed by atoms with Crippen LogP contribution in [0, 0.1) is 17.9 Å². The number of nitriles is 1. The largest absolute Gasteiger partial charge is 0.458 e. The smallest absolute Gasteiger partial charge is 0.256 e. The molecule has 0 saturated heterocycles. The minimum Gasteiger partial charge on any atom is -0.458 e. The molecule has 3 aliphatic rings. The first kappa shape index (κ1) is 48.5. The summed E-state index contributed by atoms with van der Waals surface area (Å²) in [6, 6.07) is 101. The third kappa shape index (κ3) is 6.76. The molecule has 0 amide bonds. The Morgan fingerprint density at radius 1 is 0.432 bits per heavy atom. The summed E-state index contributed by atoms with van der Waals surface area (Å²) in [5.41, 5.74) is 26.9. The SMILES string of the molecule is [C-]#[N+]c1ccc2c(c1)-c1ccccc1C2c1ccc2c(c1)N(c1c(-c3ccccc3)cccc1-c1ccccc1)c1cc(-c3ccc4c(c3)c3cccc5c6ccccc6n4c53)cc3c1B2c1ccc(-n2c4ccccc4c4cc(C#N)ccc42)cc1O3. The fourth-order valence-corrected chi connectivity index (χ4v) is 15.5. The van der Waals surface area contributed by atoms with Crippen molar-refractivity contribution in [2.45, 2.75) is 5.92 Å². The van der Waals surface area contributed by atoms with Crippen LogP contribution >= 0.6 is 0 Å². The highest BCUT2D eigenvalue weighted by Crippen LogP contribution is 2.54. The summed E-state index contributed by atoms with van der Waals surface area (Å²) in [6.07, 6.45) is 0. The van der Waals surface area contributed by atoms with Gasteiger partial charge in [-0.1, -0.05) is 194 Å². The monoisotopic (exact) mass is 1120 g/mol. The quantitative estimate of drug-likeness (QED) is 0.123. The maximum atomic E-state index is 10.1. The third-order valence-electron chi connectivity index (χ3n) is 19.2. The number of anilines is 3. The molecule has 88 heavy (non-hydrogen) atoms. The molecular weight excluding hydrogens is 1070 g/mol. The zero-order valence-corrected chi connectivity index (χ0v) is 47.3. The lowest BCUT2D eigenvalue weighted by atomic mass is 9.34. The fraction of sp³-hybridized carbons (Fsp3) is 0.0123. The maximum absolute atomic E-state index is 10.1. The van der Waals surface area contributed by atoms with E-state index in [9.17, 15) is 5.26 Å². The number of rotatable bonds is 6. The predicted molar refractivity (Wildman–Crippen MR) is 361 cm³/mol. The van der Waals surface area contributed by atoms with E-state index in [2.05, 4.69) is 280 Å². The van der Waals surface area contributed by atoms with Crippen molar-refractivity contribution in [3.8, 4) is 67.8 Å². The van der Waals surface area contributed by atoms with Crippen LogP contribution in [-0.2, 0) is 0 Å². The van der Waals surface area contributed by atoms with Crippen molar-refractivity contribution in [2.24, 2.45) is 0 Å². The number of ether oxygens (including phenoxy) is 1. The Morgan fingerprint density at radius 2 is 1.07 bits per heavy atom. The Balaban J connectivity index is 0.909. The van der Waals surface area contributed by atoms with Crippen molar-refractivity contribution < 1.29 is 4.74 Å². The van der Waals surface area contributed by atoms with E-state index < -0.39 is 0 Å². The van der Waals surface area contributed by atoms with Gasteiger partial charge < -0.3 is 18.6 Å². The van der Waals surface area contributed by atoms with Crippen LogP contribution in [0.4, 0.5) is 22.7 Å². The van der Waals surface area contributed by atoms with Crippen molar-refractivity contribution >= 4 is 106 Å². The third-order valence-corrected chi connectivity index (χ3v) is 19.2. The van der Waals surface area contributed by atoms with Gasteiger partial charge in [0.2, 0.25) is 0 Å². The van der Waals surface area contributed by atoms with Crippen LogP contribution in [0.2, 0.25) is 0 Å². The number of aromatic nitrogens is 2. The summed E-state index contributed by atoms with van der Waals surface area (Å²) in [7, 11) is 0. The highest BCUT2D eigenvalue weighted by atomic mass is 16.5. The molecule has 19 rings (SSSR count). The van der Waals surface area contributed by atoms with Crippen LogP contribution in [-0.4, -0.2) is 15.7 Å². The molecule has 7 heteroatoms. The van der Waals surface area contributed by atoms with Gasteiger partial charge in [0.25, 0.3) is 6.71 Å². The van der Waals surface area contributed by atoms with Gasteiger partial charge in [0.15, 0.2) is 5.69 Å². The number of nitrogens with zero attached hydrogens (tertiary/aromatic N) is 5.